The zero-order chi connectivity index (χ0) is 13.2. The summed E-state index contributed by atoms with van der Waals surface area (Å²) in [5, 5.41) is 2.99. The molecule has 1 aromatic rings. The van der Waals surface area contributed by atoms with E-state index in [4.69, 9.17) is 0 Å². The fourth-order valence-electron chi connectivity index (χ4n) is 1.99. The van der Waals surface area contributed by atoms with Crippen LogP contribution in [0.4, 0.5) is 0 Å². The smallest absolute Gasteiger partial charge is 0.220 e. The lowest BCUT2D eigenvalue weighted by Gasteiger charge is -2.05. The summed E-state index contributed by atoms with van der Waals surface area (Å²) in [6.07, 6.45) is 6.25. The van der Waals surface area contributed by atoms with Crippen molar-refractivity contribution in [3.05, 3.63) is 35.4 Å². The zero-order valence-electron chi connectivity index (χ0n) is 11.7. The molecular weight excluding hydrogens is 222 g/mol. The zero-order valence-corrected chi connectivity index (χ0v) is 11.7. The van der Waals surface area contributed by atoms with Crippen molar-refractivity contribution in [2.45, 2.75) is 52.4 Å². The number of rotatable bonds is 8. The van der Waals surface area contributed by atoms with Crippen LogP contribution in [0.2, 0.25) is 0 Å². The van der Waals surface area contributed by atoms with Gasteiger partial charge in [0.1, 0.15) is 0 Å². The molecule has 0 aliphatic carbocycles. The molecule has 0 saturated heterocycles. The molecule has 1 N–H and O–H groups in total. The highest BCUT2D eigenvalue weighted by atomic mass is 16.1. The van der Waals surface area contributed by atoms with E-state index in [-0.39, 0.29) is 5.91 Å². The summed E-state index contributed by atoms with van der Waals surface area (Å²) in [6.45, 7) is 5.10. The van der Waals surface area contributed by atoms with Gasteiger partial charge in [0.2, 0.25) is 5.91 Å². The van der Waals surface area contributed by atoms with Gasteiger partial charge < -0.3 is 5.32 Å². The topological polar surface area (TPSA) is 29.1 Å². The minimum atomic E-state index is 0.174. The Balaban J connectivity index is 2.13. The Kier molecular flexibility index (Phi) is 7.16. The third-order valence-corrected chi connectivity index (χ3v) is 3.08. The van der Waals surface area contributed by atoms with Gasteiger partial charge in [0.25, 0.3) is 0 Å². The van der Waals surface area contributed by atoms with Crippen LogP contribution in [-0.2, 0) is 11.2 Å². The number of hydrogen-bond acceptors (Lipinski definition) is 1. The molecule has 0 spiro atoms. The Bertz CT molecular complexity index is 360. The summed E-state index contributed by atoms with van der Waals surface area (Å²) in [7, 11) is 0. The van der Waals surface area contributed by atoms with Crippen LogP contribution in [0.15, 0.2) is 24.3 Å². The Morgan fingerprint density at radius 1 is 1.22 bits per heavy atom. The number of aryl methyl sites for hydroxylation is 2. The normalized spacial score (nSPS) is 10.3. The molecule has 0 saturated carbocycles. The van der Waals surface area contributed by atoms with Crippen LogP contribution in [0.25, 0.3) is 0 Å². The van der Waals surface area contributed by atoms with Crippen LogP contribution < -0.4 is 5.32 Å². The molecule has 0 aliphatic rings. The monoisotopic (exact) mass is 247 g/mol. The molecule has 1 amide bonds. The van der Waals surface area contributed by atoms with E-state index in [0.29, 0.717) is 6.42 Å². The lowest BCUT2D eigenvalue weighted by atomic mass is 10.1. The van der Waals surface area contributed by atoms with Crippen molar-refractivity contribution in [1.29, 1.82) is 0 Å². The lowest BCUT2D eigenvalue weighted by Crippen LogP contribution is -2.24. The first-order chi connectivity index (χ1) is 8.72. The van der Waals surface area contributed by atoms with Crippen LogP contribution in [0.3, 0.4) is 0 Å². The minimum Gasteiger partial charge on any atom is -0.356 e. The number of unbranched alkanes of at least 4 members (excludes halogenated alkanes) is 3. The van der Waals surface area contributed by atoms with Gasteiger partial charge in [-0.2, -0.15) is 0 Å². The molecule has 0 fully saturated rings. The highest BCUT2D eigenvalue weighted by molar-refractivity contribution is 5.76. The summed E-state index contributed by atoms with van der Waals surface area (Å²) in [5.74, 6) is 0.174. The van der Waals surface area contributed by atoms with Crippen molar-refractivity contribution in [3.8, 4) is 0 Å². The second-order valence-corrected chi connectivity index (χ2v) is 4.90. The van der Waals surface area contributed by atoms with Crippen LogP contribution >= 0.6 is 0 Å². The number of nitrogens with one attached hydrogen (secondary N) is 1. The van der Waals surface area contributed by atoms with E-state index >= 15 is 0 Å². The first kappa shape index (κ1) is 14.7. The first-order valence-electron chi connectivity index (χ1n) is 7.04. The molecule has 2 nitrogen and oxygen atoms in total. The number of hydrogen-bond donors (Lipinski definition) is 1. The fraction of sp³-hybridized carbons (Fsp3) is 0.562. The maximum atomic E-state index is 11.6. The Morgan fingerprint density at radius 3 is 2.78 bits per heavy atom. The van der Waals surface area contributed by atoms with Gasteiger partial charge in [-0.15, -0.1) is 0 Å². The lowest BCUT2D eigenvalue weighted by molar-refractivity contribution is -0.121. The van der Waals surface area contributed by atoms with Crippen molar-refractivity contribution in [1.82, 2.24) is 5.32 Å². The van der Waals surface area contributed by atoms with Gasteiger partial charge in [-0.25, -0.2) is 0 Å². The first-order valence-corrected chi connectivity index (χ1v) is 7.04. The number of carbonyl (C=O) groups is 1. The molecule has 100 valence electrons. The van der Waals surface area contributed by atoms with Crippen LogP contribution in [0, 0.1) is 6.92 Å². The summed E-state index contributed by atoms with van der Waals surface area (Å²) < 4.78 is 0. The summed E-state index contributed by atoms with van der Waals surface area (Å²) in [5.41, 5.74) is 2.50. The molecule has 1 rings (SSSR count). The third-order valence-electron chi connectivity index (χ3n) is 3.08. The molecule has 2 heteroatoms. The maximum Gasteiger partial charge on any atom is 0.220 e. The van der Waals surface area contributed by atoms with Crippen LogP contribution in [0.5, 0.6) is 0 Å². The molecule has 1 aromatic carbocycles. The van der Waals surface area contributed by atoms with E-state index in [2.05, 4.69) is 37.4 Å². The average Bonchev–Trinajstić information content (AvgIpc) is 2.36. The van der Waals surface area contributed by atoms with Gasteiger partial charge in [0.15, 0.2) is 0 Å². The standard InChI is InChI=1S/C16H25NO/c1-3-4-5-6-12-17-16(18)11-10-15-9-7-8-14(2)13-15/h7-9,13H,3-6,10-12H2,1-2H3,(H,17,18). The second-order valence-electron chi connectivity index (χ2n) is 4.90. The molecule has 18 heavy (non-hydrogen) atoms. The fourth-order valence-corrected chi connectivity index (χ4v) is 1.99. The van der Waals surface area contributed by atoms with Crippen molar-refractivity contribution in [3.63, 3.8) is 0 Å². The molecular formula is C16H25NO. The summed E-state index contributed by atoms with van der Waals surface area (Å²) in [4.78, 5) is 11.6. The average molecular weight is 247 g/mol. The van der Waals surface area contributed by atoms with E-state index in [0.717, 1.165) is 19.4 Å². The molecule has 0 aliphatic heterocycles. The van der Waals surface area contributed by atoms with Gasteiger partial charge in [0.05, 0.1) is 0 Å². The van der Waals surface area contributed by atoms with Crippen molar-refractivity contribution in [2.75, 3.05) is 6.54 Å². The van der Waals surface area contributed by atoms with Crippen LogP contribution in [0.1, 0.15) is 50.2 Å². The van der Waals surface area contributed by atoms with Gasteiger partial charge >= 0.3 is 0 Å². The van der Waals surface area contributed by atoms with Crippen LogP contribution in [-0.4, -0.2) is 12.5 Å². The number of benzene rings is 1. The predicted molar refractivity (Wildman–Crippen MR) is 76.7 cm³/mol. The predicted octanol–water partition coefficient (Wildman–Crippen LogP) is 3.62. The SMILES string of the molecule is CCCCCCNC(=O)CCc1cccc(C)c1. The van der Waals surface area contributed by atoms with E-state index in [1.807, 2.05) is 6.07 Å². The Labute approximate surface area is 111 Å². The van der Waals surface area contributed by atoms with Gasteiger partial charge in [-0.1, -0.05) is 56.0 Å². The van der Waals surface area contributed by atoms with E-state index in [1.54, 1.807) is 0 Å². The van der Waals surface area contributed by atoms with Crippen molar-refractivity contribution in [2.24, 2.45) is 0 Å². The molecule has 0 atom stereocenters. The molecule has 0 heterocycles. The summed E-state index contributed by atoms with van der Waals surface area (Å²) >= 11 is 0. The molecule has 0 aromatic heterocycles. The third kappa shape index (κ3) is 6.43. The number of carbonyl (C=O) groups excluding carboxylic acids is 1. The van der Waals surface area contributed by atoms with Crippen molar-refractivity contribution < 1.29 is 4.79 Å². The summed E-state index contributed by atoms with van der Waals surface area (Å²) in [6, 6.07) is 8.36. The Morgan fingerprint density at radius 2 is 2.06 bits per heavy atom. The quantitative estimate of drug-likeness (QED) is 0.698. The molecule has 0 unspecified atom stereocenters. The van der Waals surface area contributed by atoms with Gasteiger partial charge in [-0.3, -0.25) is 4.79 Å². The van der Waals surface area contributed by atoms with Crippen molar-refractivity contribution >= 4 is 5.91 Å². The van der Waals surface area contributed by atoms with E-state index in [9.17, 15) is 4.79 Å². The van der Waals surface area contributed by atoms with E-state index in [1.165, 1.54) is 30.4 Å². The van der Waals surface area contributed by atoms with Gasteiger partial charge in [0, 0.05) is 13.0 Å². The Hall–Kier alpha value is -1.31. The largest absolute Gasteiger partial charge is 0.356 e. The second kappa shape index (κ2) is 8.73. The maximum absolute atomic E-state index is 11.6. The minimum absolute atomic E-state index is 0.174. The van der Waals surface area contributed by atoms with Gasteiger partial charge in [-0.05, 0) is 25.3 Å². The van der Waals surface area contributed by atoms with E-state index < -0.39 is 0 Å². The molecule has 0 bridgehead atoms. The highest BCUT2D eigenvalue weighted by Gasteiger charge is 2.01. The highest BCUT2D eigenvalue weighted by Crippen LogP contribution is 2.06. The number of amides is 1. The molecule has 0 radical (unpaired) electrons.